The number of benzene rings is 1. The van der Waals surface area contributed by atoms with Gasteiger partial charge in [0.2, 0.25) is 0 Å². The van der Waals surface area contributed by atoms with Crippen LogP contribution in [0, 0.1) is 3.57 Å². The lowest BCUT2D eigenvalue weighted by atomic mass is 10.2. The van der Waals surface area contributed by atoms with Gasteiger partial charge in [-0.15, -0.1) is 0 Å². The molecule has 1 aromatic carbocycles. The molecule has 0 saturated carbocycles. The summed E-state index contributed by atoms with van der Waals surface area (Å²) in [6, 6.07) is 5.68. The fourth-order valence-electron chi connectivity index (χ4n) is 1.66. The van der Waals surface area contributed by atoms with E-state index < -0.39 is 11.7 Å². The van der Waals surface area contributed by atoms with Crippen molar-refractivity contribution in [1.82, 2.24) is 0 Å². The maximum absolute atomic E-state index is 11.5. The van der Waals surface area contributed by atoms with Gasteiger partial charge in [0.15, 0.2) is 0 Å². The second kappa shape index (κ2) is 9.80. The highest BCUT2D eigenvalue weighted by Crippen LogP contribution is 2.30. The van der Waals surface area contributed by atoms with Crippen LogP contribution >= 0.6 is 22.6 Å². The van der Waals surface area contributed by atoms with Crippen molar-refractivity contribution in [1.29, 1.82) is 0 Å². The van der Waals surface area contributed by atoms with Crippen molar-refractivity contribution in [3.05, 3.63) is 21.8 Å². The number of halogens is 1. The molecule has 0 aliphatic heterocycles. The van der Waals surface area contributed by atoms with Crippen LogP contribution in [-0.2, 0) is 4.74 Å². The molecule has 0 N–H and O–H groups in total. The van der Waals surface area contributed by atoms with Gasteiger partial charge >= 0.3 is 6.09 Å². The maximum Gasteiger partial charge on any atom is 0.452 e. The van der Waals surface area contributed by atoms with Crippen molar-refractivity contribution in [2.75, 3.05) is 13.2 Å². The fraction of sp³-hybridized carbons (Fsp3) is 0.588. The molecule has 0 saturated heterocycles. The minimum atomic E-state index is -0.695. The summed E-state index contributed by atoms with van der Waals surface area (Å²) in [5.41, 5.74) is -0.576. The molecular formula is C17H25IN2O4. The van der Waals surface area contributed by atoms with Crippen molar-refractivity contribution >= 4 is 28.7 Å². The predicted molar refractivity (Wildman–Crippen MR) is 101 cm³/mol. The smallest absolute Gasteiger partial charge is 0.452 e. The van der Waals surface area contributed by atoms with Gasteiger partial charge < -0.3 is 14.2 Å². The van der Waals surface area contributed by atoms with E-state index in [2.05, 4.69) is 39.7 Å². The third-order valence-electron chi connectivity index (χ3n) is 2.60. The SMILES string of the molecule is CCCOc1cccc(O[C@@H](C)CN=NC(=O)OC(C)(C)C)c1I. The Morgan fingerprint density at radius 3 is 2.58 bits per heavy atom. The summed E-state index contributed by atoms with van der Waals surface area (Å²) >= 11 is 2.20. The molecule has 0 fully saturated rings. The van der Waals surface area contributed by atoms with Crippen LogP contribution in [0.4, 0.5) is 4.79 Å². The number of amides is 1. The number of azo groups is 1. The minimum absolute atomic E-state index is 0.230. The molecular weight excluding hydrogens is 423 g/mol. The lowest BCUT2D eigenvalue weighted by Gasteiger charge is -2.17. The number of rotatable bonds is 7. The molecule has 1 amide bonds. The lowest BCUT2D eigenvalue weighted by Crippen LogP contribution is -2.22. The predicted octanol–water partition coefficient (Wildman–Crippen LogP) is 5.23. The number of carbonyl (C=O) groups excluding carboxylic acids is 1. The Morgan fingerprint density at radius 2 is 1.96 bits per heavy atom. The highest BCUT2D eigenvalue weighted by molar-refractivity contribution is 14.1. The molecule has 134 valence electrons. The van der Waals surface area contributed by atoms with Gasteiger partial charge in [-0.3, -0.25) is 0 Å². The van der Waals surface area contributed by atoms with Crippen molar-refractivity contribution in [3.8, 4) is 11.5 Å². The molecule has 24 heavy (non-hydrogen) atoms. The van der Waals surface area contributed by atoms with Gasteiger partial charge in [0.25, 0.3) is 0 Å². The van der Waals surface area contributed by atoms with E-state index in [9.17, 15) is 4.79 Å². The summed E-state index contributed by atoms with van der Waals surface area (Å²) in [5.74, 6) is 1.53. The van der Waals surface area contributed by atoms with Crippen molar-refractivity contribution in [3.63, 3.8) is 0 Å². The van der Waals surface area contributed by atoms with E-state index in [-0.39, 0.29) is 12.6 Å². The van der Waals surface area contributed by atoms with Crippen LogP contribution in [0.3, 0.4) is 0 Å². The summed E-state index contributed by atoms with van der Waals surface area (Å²) < 4.78 is 17.5. The molecule has 7 heteroatoms. The fourth-order valence-corrected chi connectivity index (χ4v) is 2.30. The zero-order chi connectivity index (χ0) is 18.2. The first-order chi connectivity index (χ1) is 11.2. The van der Waals surface area contributed by atoms with Crippen molar-refractivity contribution < 1.29 is 19.0 Å². The van der Waals surface area contributed by atoms with E-state index in [4.69, 9.17) is 14.2 Å². The van der Waals surface area contributed by atoms with E-state index >= 15 is 0 Å². The number of carbonyl (C=O) groups is 1. The normalized spacial score (nSPS) is 12.9. The molecule has 0 bridgehead atoms. The molecule has 6 nitrogen and oxygen atoms in total. The molecule has 1 atom stereocenters. The summed E-state index contributed by atoms with van der Waals surface area (Å²) in [5, 5.41) is 7.37. The third kappa shape index (κ3) is 7.94. The number of hydrogen-bond donors (Lipinski definition) is 0. The average Bonchev–Trinajstić information content (AvgIpc) is 2.46. The zero-order valence-electron chi connectivity index (χ0n) is 14.8. The van der Waals surface area contributed by atoms with Crippen LogP contribution in [0.15, 0.2) is 28.4 Å². The number of hydrogen-bond acceptors (Lipinski definition) is 5. The van der Waals surface area contributed by atoms with Crippen molar-refractivity contribution in [2.45, 2.75) is 52.7 Å². The van der Waals surface area contributed by atoms with E-state index in [0.717, 1.165) is 21.5 Å². The van der Waals surface area contributed by atoms with E-state index in [0.29, 0.717) is 6.61 Å². The Kier molecular flexibility index (Phi) is 8.44. The Morgan fingerprint density at radius 1 is 1.29 bits per heavy atom. The Bertz CT molecular complexity index is 570. The Balaban J connectivity index is 2.56. The quantitative estimate of drug-likeness (QED) is 0.423. The highest BCUT2D eigenvalue weighted by Gasteiger charge is 2.16. The van der Waals surface area contributed by atoms with Crippen LogP contribution < -0.4 is 9.47 Å². The monoisotopic (exact) mass is 448 g/mol. The van der Waals surface area contributed by atoms with E-state index in [1.165, 1.54) is 0 Å². The third-order valence-corrected chi connectivity index (χ3v) is 3.67. The topological polar surface area (TPSA) is 69.5 Å². The maximum atomic E-state index is 11.5. The standard InChI is InChI=1S/C17H25IN2O4/c1-6-10-22-13-8-7-9-14(15(13)18)23-12(2)11-19-20-16(21)24-17(3,4)5/h7-9,12H,6,10-11H2,1-5H3/t12-/m0/s1. The van der Waals surface area contributed by atoms with Gasteiger partial charge in [0.05, 0.1) is 16.7 Å². The summed E-state index contributed by atoms with van der Waals surface area (Å²) in [6.45, 7) is 10.2. The zero-order valence-corrected chi connectivity index (χ0v) is 17.0. The Hall–Kier alpha value is -1.38. The largest absolute Gasteiger partial charge is 0.492 e. The van der Waals surface area contributed by atoms with Gasteiger partial charge in [0.1, 0.15) is 23.2 Å². The van der Waals surface area contributed by atoms with Gasteiger partial charge in [-0.2, -0.15) is 5.11 Å². The molecule has 0 aromatic heterocycles. The van der Waals surface area contributed by atoms with Crippen LogP contribution in [0.5, 0.6) is 11.5 Å². The van der Waals surface area contributed by atoms with Gasteiger partial charge in [0, 0.05) is 0 Å². The minimum Gasteiger partial charge on any atom is -0.492 e. The second-order valence-electron chi connectivity index (χ2n) is 6.25. The second-order valence-corrected chi connectivity index (χ2v) is 7.33. The number of ether oxygens (including phenoxy) is 3. The van der Waals surface area contributed by atoms with Crippen LogP contribution in [0.25, 0.3) is 0 Å². The highest BCUT2D eigenvalue weighted by atomic mass is 127. The average molecular weight is 448 g/mol. The molecule has 0 radical (unpaired) electrons. The summed E-state index contributed by atoms with van der Waals surface area (Å²) in [6.07, 6.45) is 0.0215. The van der Waals surface area contributed by atoms with Crippen molar-refractivity contribution in [2.24, 2.45) is 10.2 Å². The summed E-state index contributed by atoms with van der Waals surface area (Å²) in [7, 11) is 0. The first-order valence-electron chi connectivity index (χ1n) is 7.91. The lowest BCUT2D eigenvalue weighted by molar-refractivity contribution is 0.0588. The molecule has 0 spiro atoms. The molecule has 0 unspecified atom stereocenters. The van der Waals surface area contributed by atoms with Crippen LogP contribution in [0.1, 0.15) is 41.0 Å². The summed E-state index contributed by atoms with van der Waals surface area (Å²) in [4.78, 5) is 11.5. The van der Waals surface area contributed by atoms with Crippen LogP contribution in [0.2, 0.25) is 0 Å². The molecule has 1 aromatic rings. The first-order valence-corrected chi connectivity index (χ1v) is 8.99. The molecule has 1 rings (SSSR count). The Labute approximate surface area is 157 Å². The number of nitrogens with zero attached hydrogens (tertiary/aromatic N) is 2. The van der Waals surface area contributed by atoms with Crippen LogP contribution in [-0.4, -0.2) is 30.9 Å². The van der Waals surface area contributed by atoms with Gasteiger partial charge in [-0.05, 0) is 68.8 Å². The van der Waals surface area contributed by atoms with E-state index in [1.54, 1.807) is 20.8 Å². The van der Waals surface area contributed by atoms with E-state index in [1.807, 2.05) is 25.1 Å². The van der Waals surface area contributed by atoms with Gasteiger partial charge in [-0.1, -0.05) is 18.1 Å². The first kappa shape index (κ1) is 20.7. The molecule has 0 aliphatic rings. The molecule has 0 heterocycles. The van der Waals surface area contributed by atoms with Gasteiger partial charge in [-0.25, -0.2) is 4.79 Å². The molecule has 0 aliphatic carbocycles.